The average Bonchev–Trinajstić information content (AvgIpc) is 1.83. The van der Waals surface area contributed by atoms with Crippen molar-refractivity contribution in [2.45, 2.75) is 47.6 Å². The molecule has 0 aromatic carbocycles. The summed E-state index contributed by atoms with van der Waals surface area (Å²) in [5.74, 6) is 0. The van der Waals surface area contributed by atoms with Crippen LogP contribution in [-0.2, 0) is 0 Å². The van der Waals surface area contributed by atoms with Crippen LogP contribution in [0.2, 0.25) is 0 Å². The van der Waals surface area contributed by atoms with E-state index >= 15 is 0 Å². The lowest BCUT2D eigenvalue weighted by atomic mass is 10.1. The van der Waals surface area contributed by atoms with E-state index in [2.05, 4.69) is 6.92 Å². The molecule has 0 amide bonds. The largest absolute Gasteiger partial charge is 0.378 e. The van der Waals surface area contributed by atoms with Crippen LogP contribution in [-0.4, -0.2) is 19.1 Å². The molecule has 1 atom stereocenters. The summed E-state index contributed by atoms with van der Waals surface area (Å²) in [4.78, 5) is 0. The second-order valence-corrected chi connectivity index (χ2v) is 7.68. The Morgan fingerprint density at radius 2 is 1.77 bits per heavy atom. The molecule has 0 aromatic heterocycles. The molecule has 80 valence electrons. The molecule has 0 saturated heterocycles. The first-order valence-corrected chi connectivity index (χ1v) is 6.13. The number of alkyl halides is 3. The van der Waals surface area contributed by atoms with Gasteiger partial charge in [0.15, 0.2) is 0 Å². The lowest BCUT2D eigenvalue weighted by Crippen LogP contribution is -2.28. The van der Waals surface area contributed by atoms with E-state index in [0.29, 0.717) is 0 Å². The van der Waals surface area contributed by atoms with E-state index in [1.54, 1.807) is 0 Å². The van der Waals surface area contributed by atoms with Gasteiger partial charge in [0.1, 0.15) is 5.44 Å². The van der Waals surface area contributed by atoms with E-state index in [4.69, 9.17) is 34.8 Å². The molecular weight excluding hydrogens is 251 g/mol. The van der Waals surface area contributed by atoms with Gasteiger partial charge in [-0.15, -0.1) is 11.8 Å². The monoisotopic (exact) mass is 264 g/mol. The Kier molecular flexibility index (Phi) is 5.80. The Balaban J connectivity index is 4.11. The fourth-order valence-corrected chi connectivity index (χ4v) is 2.49. The highest BCUT2D eigenvalue weighted by Gasteiger charge is 2.35. The van der Waals surface area contributed by atoms with Crippen LogP contribution >= 0.6 is 46.6 Å². The van der Waals surface area contributed by atoms with Crippen LogP contribution < -0.4 is 0 Å². The summed E-state index contributed by atoms with van der Waals surface area (Å²) in [5.41, 5.74) is -0.973. The number of rotatable bonds is 4. The zero-order valence-electron chi connectivity index (χ0n) is 7.98. The van der Waals surface area contributed by atoms with Crippen molar-refractivity contribution in [2.75, 3.05) is 0 Å². The molecule has 1 N–H and O–H groups in total. The predicted octanol–water partition coefficient (Wildman–Crippen LogP) is 3.99. The minimum atomic E-state index is -1.60. The lowest BCUT2D eigenvalue weighted by molar-refractivity contribution is 0.265. The van der Waals surface area contributed by atoms with Crippen molar-refractivity contribution in [3.05, 3.63) is 0 Å². The van der Waals surface area contributed by atoms with Gasteiger partial charge in [-0.05, 0) is 6.42 Å². The van der Waals surface area contributed by atoms with Crippen LogP contribution in [0, 0.1) is 0 Å². The maximum Gasteiger partial charge on any atom is 0.225 e. The topological polar surface area (TPSA) is 20.2 Å². The molecule has 0 rings (SSSR count). The molecule has 1 unspecified atom stereocenters. The zero-order chi connectivity index (χ0) is 10.7. The third kappa shape index (κ3) is 6.29. The summed E-state index contributed by atoms with van der Waals surface area (Å²) in [7, 11) is 0. The highest BCUT2D eigenvalue weighted by atomic mass is 35.6. The second-order valence-electron chi connectivity index (χ2n) is 3.52. The normalized spacial score (nSPS) is 15.9. The fourth-order valence-electron chi connectivity index (χ4n) is 1.03. The van der Waals surface area contributed by atoms with Gasteiger partial charge in [-0.2, -0.15) is 0 Å². The smallest absolute Gasteiger partial charge is 0.225 e. The molecule has 5 heteroatoms. The maximum absolute atomic E-state index is 9.52. The van der Waals surface area contributed by atoms with Gasteiger partial charge in [-0.1, -0.05) is 62.0 Å². The van der Waals surface area contributed by atoms with Crippen molar-refractivity contribution in [1.29, 1.82) is 0 Å². The van der Waals surface area contributed by atoms with Gasteiger partial charge in [-0.25, -0.2) is 0 Å². The molecule has 0 heterocycles. The number of hydrogen-bond acceptors (Lipinski definition) is 2. The Morgan fingerprint density at radius 3 is 2.08 bits per heavy atom. The molecule has 0 saturated carbocycles. The minimum absolute atomic E-state index is 0.0575. The van der Waals surface area contributed by atoms with Crippen LogP contribution in [0.5, 0.6) is 0 Å². The molecule has 13 heavy (non-hydrogen) atoms. The van der Waals surface area contributed by atoms with Crippen molar-refractivity contribution in [3.63, 3.8) is 0 Å². The van der Waals surface area contributed by atoms with Gasteiger partial charge in [0.25, 0.3) is 0 Å². The molecule has 0 radical (unpaired) electrons. The van der Waals surface area contributed by atoms with Crippen molar-refractivity contribution in [3.8, 4) is 0 Å². The molecular formula is C8H15Cl3OS. The molecule has 0 aliphatic rings. The van der Waals surface area contributed by atoms with Gasteiger partial charge in [0.05, 0.1) is 0 Å². The number of halogens is 3. The van der Waals surface area contributed by atoms with Crippen molar-refractivity contribution < 1.29 is 5.11 Å². The molecule has 1 nitrogen and oxygen atoms in total. The van der Waals surface area contributed by atoms with Crippen LogP contribution in [0.3, 0.4) is 0 Å². The Morgan fingerprint density at radius 1 is 1.31 bits per heavy atom. The summed E-state index contributed by atoms with van der Waals surface area (Å²) < 4.78 is -1.66. The van der Waals surface area contributed by atoms with E-state index in [0.717, 1.165) is 12.8 Å². The third-order valence-corrected chi connectivity index (χ3v) is 3.99. The molecule has 0 aromatic rings. The van der Waals surface area contributed by atoms with Crippen molar-refractivity contribution in [2.24, 2.45) is 0 Å². The summed E-state index contributed by atoms with van der Waals surface area (Å²) in [5, 5.41) is 9.52. The van der Waals surface area contributed by atoms with E-state index in [-0.39, 0.29) is 4.75 Å². The summed E-state index contributed by atoms with van der Waals surface area (Å²) in [6.45, 7) is 6.14. The van der Waals surface area contributed by atoms with Crippen LogP contribution in [0.4, 0.5) is 0 Å². The first-order chi connectivity index (χ1) is 5.69. The number of hydrogen-bond donors (Lipinski definition) is 1. The standard InChI is InChI=1S/C8H15Cl3OS/c1-4-5-7(2,3)13-6(12)8(9,10)11/h6,12H,4-5H2,1-3H3. The van der Waals surface area contributed by atoms with E-state index in [1.165, 1.54) is 11.8 Å². The Labute approximate surface area is 99.1 Å². The highest BCUT2D eigenvalue weighted by Crippen LogP contribution is 2.42. The second kappa shape index (κ2) is 5.32. The van der Waals surface area contributed by atoms with Crippen molar-refractivity contribution in [1.82, 2.24) is 0 Å². The van der Waals surface area contributed by atoms with Crippen LogP contribution in [0.1, 0.15) is 33.6 Å². The zero-order valence-corrected chi connectivity index (χ0v) is 11.1. The third-order valence-electron chi connectivity index (χ3n) is 1.56. The lowest BCUT2D eigenvalue weighted by Gasteiger charge is -2.29. The first-order valence-electron chi connectivity index (χ1n) is 4.11. The average molecular weight is 266 g/mol. The first kappa shape index (κ1) is 14.2. The molecule has 0 spiro atoms. The predicted molar refractivity (Wildman–Crippen MR) is 62.9 cm³/mol. The van der Waals surface area contributed by atoms with Gasteiger partial charge in [0.2, 0.25) is 3.79 Å². The Bertz CT molecular complexity index is 156. The fraction of sp³-hybridized carbons (Fsp3) is 1.00. The molecule has 0 aliphatic heterocycles. The number of thioether (sulfide) groups is 1. The van der Waals surface area contributed by atoms with Gasteiger partial charge in [-0.3, -0.25) is 0 Å². The highest BCUT2D eigenvalue weighted by molar-refractivity contribution is 8.01. The number of aliphatic hydroxyl groups excluding tert-OH is 1. The van der Waals surface area contributed by atoms with Gasteiger partial charge < -0.3 is 5.11 Å². The summed E-state index contributed by atoms with van der Waals surface area (Å²) >= 11 is 17.9. The molecule has 0 bridgehead atoms. The SMILES string of the molecule is CCCC(C)(C)SC(O)C(Cl)(Cl)Cl. The van der Waals surface area contributed by atoms with E-state index < -0.39 is 9.23 Å². The summed E-state index contributed by atoms with van der Waals surface area (Å²) in [6, 6.07) is 0. The Hall–Kier alpha value is 1.18. The molecule has 0 fully saturated rings. The maximum atomic E-state index is 9.52. The summed E-state index contributed by atoms with van der Waals surface area (Å²) in [6.07, 6.45) is 2.03. The van der Waals surface area contributed by atoms with E-state index in [1.807, 2.05) is 13.8 Å². The van der Waals surface area contributed by atoms with Gasteiger partial charge >= 0.3 is 0 Å². The quantitative estimate of drug-likeness (QED) is 0.613. The number of aliphatic hydroxyl groups is 1. The van der Waals surface area contributed by atoms with Crippen molar-refractivity contribution >= 4 is 46.6 Å². The molecule has 0 aliphatic carbocycles. The van der Waals surface area contributed by atoms with E-state index in [9.17, 15) is 5.11 Å². The van der Waals surface area contributed by atoms with Crippen LogP contribution in [0.15, 0.2) is 0 Å². The van der Waals surface area contributed by atoms with Crippen LogP contribution in [0.25, 0.3) is 0 Å². The minimum Gasteiger partial charge on any atom is -0.378 e. The van der Waals surface area contributed by atoms with Gasteiger partial charge in [0, 0.05) is 4.75 Å².